The van der Waals surface area contributed by atoms with Gasteiger partial charge in [-0.25, -0.2) is 0 Å². The van der Waals surface area contributed by atoms with Gasteiger partial charge in [0.2, 0.25) is 0 Å². The summed E-state index contributed by atoms with van der Waals surface area (Å²) < 4.78 is 0.950. The third kappa shape index (κ3) is 4.88. The minimum atomic E-state index is -0.781. The minimum absolute atomic E-state index is 0.177. The fourth-order valence-corrected chi connectivity index (χ4v) is 2.03. The maximum Gasteiger partial charge on any atom is 0.310 e. The van der Waals surface area contributed by atoms with Crippen LogP contribution in [0.1, 0.15) is 37.2 Å². The van der Waals surface area contributed by atoms with E-state index in [1.54, 1.807) is 0 Å². The second-order valence-corrected chi connectivity index (χ2v) is 4.93. The zero-order valence-corrected chi connectivity index (χ0v) is 11.2. The smallest absolute Gasteiger partial charge is 0.310 e. The Morgan fingerprint density at radius 2 is 1.82 bits per heavy atom. The number of aliphatic hydroxyl groups excluding tert-OH is 1. The summed E-state index contributed by atoms with van der Waals surface area (Å²) in [6.07, 6.45) is 3.06. The zero-order valence-electron chi connectivity index (χ0n) is 9.60. The molecule has 2 N–H and O–H groups in total. The van der Waals surface area contributed by atoms with E-state index < -0.39 is 11.9 Å². The van der Waals surface area contributed by atoms with Crippen molar-refractivity contribution in [1.29, 1.82) is 0 Å². The Morgan fingerprint density at radius 3 is 2.35 bits per heavy atom. The third-order valence-corrected chi connectivity index (χ3v) is 3.25. The summed E-state index contributed by atoms with van der Waals surface area (Å²) in [5, 5.41) is 17.9. The van der Waals surface area contributed by atoms with Crippen LogP contribution in [0.3, 0.4) is 0 Å². The molecule has 0 heterocycles. The van der Waals surface area contributed by atoms with Crippen molar-refractivity contribution in [3.63, 3.8) is 0 Å². The van der Waals surface area contributed by atoms with Crippen LogP contribution in [-0.4, -0.2) is 22.8 Å². The fraction of sp³-hybridized carbons (Fsp3) is 0.462. The van der Waals surface area contributed by atoms with Crippen molar-refractivity contribution in [2.75, 3.05) is 6.61 Å². The molecule has 0 fully saturated rings. The first kappa shape index (κ1) is 14.2. The number of unbranched alkanes of at least 4 members (excludes halogenated alkanes) is 2. The number of aliphatic hydroxyl groups is 1. The molecule has 17 heavy (non-hydrogen) atoms. The van der Waals surface area contributed by atoms with Gasteiger partial charge in [0.15, 0.2) is 0 Å². The number of hydrogen-bond acceptors (Lipinski definition) is 2. The molecule has 0 saturated carbocycles. The lowest BCUT2D eigenvalue weighted by atomic mass is 9.93. The molecule has 0 aromatic heterocycles. The number of carboxylic acids is 1. The highest BCUT2D eigenvalue weighted by molar-refractivity contribution is 9.10. The quantitative estimate of drug-likeness (QED) is 0.761. The maximum absolute atomic E-state index is 11.2. The number of benzene rings is 1. The Kier molecular flexibility index (Phi) is 6.22. The second kappa shape index (κ2) is 7.45. The molecule has 1 aromatic rings. The van der Waals surface area contributed by atoms with Gasteiger partial charge in [-0.1, -0.05) is 40.9 Å². The van der Waals surface area contributed by atoms with Gasteiger partial charge in [-0.3, -0.25) is 4.79 Å². The Hall–Kier alpha value is -0.870. The standard InChI is InChI=1S/C13H17BrO3/c14-11-7-5-10(6-8-11)12(13(16)17)4-2-1-3-9-15/h5-8,12,15H,1-4,9H2,(H,16,17). The first-order valence-electron chi connectivity index (χ1n) is 5.74. The number of halogens is 1. The maximum atomic E-state index is 11.2. The van der Waals surface area contributed by atoms with Crippen molar-refractivity contribution in [2.45, 2.75) is 31.6 Å². The van der Waals surface area contributed by atoms with Crippen LogP contribution >= 0.6 is 15.9 Å². The van der Waals surface area contributed by atoms with Gasteiger partial charge in [0, 0.05) is 11.1 Å². The molecule has 0 radical (unpaired) electrons. The second-order valence-electron chi connectivity index (χ2n) is 4.02. The van der Waals surface area contributed by atoms with E-state index in [2.05, 4.69) is 15.9 Å². The summed E-state index contributed by atoms with van der Waals surface area (Å²) in [4.78, 5) is 11.2. The molecule has 4 heteroatoms. The van der Waals surface area contributed by atoms with Gasteiger partial charge in [0.25, 0.3) is 0 Å². The highest BCUT2D eigenvalue weighted by atomic mass is 79.9. The average molecular weight is 301 g/mol. The van der Waals surface area contributed by atoms with E-state index in [0.717, 1.165) is 29.3 Å². The lowest BCUT2D eigenvalue weighted by Crippen LogP contribution is -2.11. The summed E-state index contributed by atoms with van der Waals surface area (Å²) in [5.41, 5.74) is 0.838. The molecule has 0 aliphatic heterocycles. The lowest BCUT2D eigenvalue weighted by molar-refractivity contribution is -0.139. The molecule has 0 aliphatic carbocycles. The van der Waals surface area contributed by atoms with Gasteiger partial charge in [0.1, 0.15) is 0 Å². The number of carboxylic acid groups (broad SMARTS) is 1. The van der Waals surface area contributed by atoms with Crippen LogP contribution in [0, 0.1) is 0 Å². The monoisotopic (exact) mass is 300 g/mol. The van der Waals surface area contributed by atoms with Crippen LogP contribution in [0.2, 0.25) is 0 Å². The molecule has 1 unspecified atom stereocenters. The molecule has 3 nitrogen and oxygen atoms in total. The van der Waals surface area contributed by atoms with Crippen molar-refractivity contribution >= 4 is 21.9 Å². The Bertz CT molecular complexity index is 348. The topological polar surface area (TPSA) is 57.5 Å². The van der Waals surface area contributed by atoms with E-state index >= 15 is 0 Å². The van der Waals surface area contributed by atoms with E-state index in [4.69, 9.17) is 5.11 Å². The van der Waals surface area contributed by atoms with Crippen molar-refractivity contribution in [2.24, 2.45) is 0 Å². The lowest BCUT2D eigenvalue weighted by Gasteiger charge is -2.12. The summed E-state index contributed by atoms with van der Waals surface area (Å²) in [6, 6.07) is 7.40. The molecule has 0 spiro atoms. The normalized spacial score (nSPS) is 12.4. The van der Waals surface area contributed by atoms with Gasteiger partial charge in [0.05, 0.1) is 5.92 Å². The Morgan fingerprint density at radius 1 is 1.18 bits per heavy atom. The van der Waals surface area contributed by atoms with Gasteiger partial charge in [-0.05, 0) is 30.5 Å². The van der Waals surface area contributed by atoms with E-state index in [9.17, 15) is 9.90 Å². The third-order valence-electron chi connectivity index (χ3n) is 2.72. The highest BCUT2D eigenvalue weighted by Crippen LogP contribution is 2.24. The number of aliphatic carboxylic acids is 1. The number of rotatable bonds is 7. The Labute approximate surface area is 110 Å². The van der Waals surface area contributed by atoms with Crippen LogP contribution in [0.15, 0.2) is 28.7 Å². The fourth-order valence-electron chi connectivity index (χ4n) is 1.76. The van der Waals surface area contributed by atoms with E-state index in [0.29, 0.717) is 6.42 Å². The van der Waals surface area contributed by atoms with Gasteiger partial charge in [-0.15, -0.1) is 0 Å². The van der Waals surface area contributed by atoms with Crippen LogP contribution in [0.4, 0.5) is 0 Å². The summed E-state index contributed by atoms with van der Waals surface area (Å²) in [6.45, 7) is 0.177. The molecule has 0 bridgehead atoms. The van der Waals surface area contributed by atoms with Crippen molar-refractivity contribution < 1.29 is 15.0 Å². The average Bonchev–Trinajstić information content (AvgIpc) is 2.30. The summed E-state index contributed by atoms with van der Waals surface area (Å²) in [7, 11) is 0. The molecule has 1 aromatic carbocycles. The first-order valence-corrected chi connectivity index (χ1v) is 6.53. The van der Waals surface area contributed by atoms with E-state index in [-0.39, 0.29) is 6.61 Å². The zero-order chi connectivity index (χ0) is 12.7. The summed E-state index contributed by atoms with van der Waals surface area (Å²) >= 11 is 3.33. The molecular weight excluding hydrogens is 284 g/mol. The minimum Gasteiger partial charge on any atom is -0.481 e. The van der Waals surface area contributed by atoms with Crippen LogP contribution in [-0.2, 0) is 4.79 Å². The van der Waals surface area contributed by atoms with Crippen molar-refractivity contribution in [3.8, 4) is 0 Å². The predicted octanol–water partition coefficient (Wildman–Crippen LogP) is 3.17. The van der Waals surface area contributed by atoms with Crippen molar-refractivity contribution in [3.05, 3.63) is 34.3 Å². The predicted molar refractivity (Wildman–Crippen MR) is 70.1 cm³/mol. The molecule has 0 aliphatic rings. The Balaban J connectivity index is 2.59. The first-order chi connectivity index (χ1) is 8.15. The largest absolute Gasteiger partial charge is 0.481 e. The van der Waals surface area contributed by atoms with Gasteiger partial charge >= 0.3 is 5.97 Å². The molecule has 1 rings (SSSR count). The van der Waals surface area contributed by atoms with Crippen LogP contribution < -0.4 is 0 Å². The van der Waals surface area contributed by atoms with Crippen molar-refractivity contribution in [1.82, 2.24) is 0 Å². The molecule has 0 saturated heterocycles. The molecule has 0 amide bonds. The van der Waals surface area contributed by atoms with Gasteiger partial charge < -0.3 is 10.2 Å². The molecule has 1 atom stereocenters. The number of hydrogen-bond donors (Lipinski definition) is 2. The summed E-state index contributed by atoms with van der Waals surface area (Å²) in [5.74, 6) is -1.22. The van der Waals surface area contributed by atoms with E-state index in [1.165, 1.54) is 0 Å². The number of carbonyl (C=O) groups is 1. The van der Waals surface area contributed by atoms with Crippen LogP contribution in [0.5, 0.6) is 0 Å². The SMILES string of the molecule is O=C(O)C(CCCCCO)c1ccc(Br)cc1. The molecular formula is C13H17BrO3. The van der Waals surface area contributed by atoms with E-state index in [1.807, 2.05) is 24.3 Å². The molecule has 94 valence electrons. The van der Waals surface area contributed by atoms with Crippen LogP contribution in [0.25, 0.3) is 0 Å². The highest BCUT2D eigenvalue weighted by Gasteiger charge is 2.18. The van der Waals surface area contributed by atoms with Gasteiger partial charge in [-0.2, -0.15) is 0 Å².